The summed E-state index contributed by atoms with van der Waals surface area (Å²) in [4.78, 5) is 13.3. The number of benzene rings is 4. The summed E-state index contributed by atoms with van der Waals surface area (Å²) in [5, 5.41) is 4.92. The molecule has 0 radical (unpaired) electrons. The quantitative estimate of drug-likeness (QED) is 0.297. The van der Waals surface area contributed by atoms with Gasteiger partial charge in [-0.1, -0.05) is 78.9 Å². The van der Waals surface area contributed by atoms with E-state index in [1.54, 1.807) is 18.2 Å². The maximum atomic E-state index is 13.4. The van der Waals surface area contributed by atoms with Crippen molar-refractivity contribution in [2.45, 2.75) is 42.8 Å². The number of sulfonamides is 1. The molecule has 0 aliphatic heterocycles. The first-order chi connectivity index (χ1) is 17.4. The van der Waals surface area contributed by atoms with Crippen LogP contribution in [0.2, 0.25) is 0 Å². The minimum Gasteiger partial charge on any atom is -0.349 e. The van der Waals surface area contributed by atoms with Crippen molar-refractivity contribution in [3.8, 4) is 0 Å². The summed E-state index contributed by atoms with van der Waals surface area (Å²) >= 11 is 0. The van der Waals surface area contributed by atoms with Crippen LogP contribution < -0.4 is 15.8 Å². The van der Waals surface area contributed by atoms with Crippen LogP contribution in [0.4, 0.5) is 0 Å². The molecule has 5 rings (SSSR count). The van der Waals surface area contributed by atoms with E-state index in [4.69, 9.17) is 5.73 Å². The number of aryl methyl sites for hydroxylation is 1. The van der Waals surface area contributed by atoms with Gasteiger partial charge in [0.05, 0.1) is 17.0 Å². The van der Waals surface area contributed by atoms with Gasteiger partial charge in [-0.3, -0.25) is 4.79 Å². The van der Waals surface area contributed by atoms with E-state index < -0.39 is 16.1 Å². The molecule has 4 N–H and O–H groups in total. The lowest BCUT2D eigenvalue weighted by molar-refractivity contribution is -0.122. The van der Waals surface area contributed by atoms with Crippen molar-refractivity contribution in [2.24, 2.45) is 5.73 Å². The highest BCUT2D eigenvalue weighted by atomic mass is 35.5. The Morgan fingerprint density at radius 1 is 0.919 bits per heavy atom. The number of hydrogen-bond donors (Lipinski definition) is 3. The van der Waals surface area contributed by atoms with Crippen molar-refractivity contribution < 1.29 is 13.2 Å². The Kier molecular flexibility index (Phi) is 8.29. The fraction of sp³-hybridized carbons (Fsp3) is 0.207. The van der Waals surface area contributed by atoms with Gasteiger partial charge in [-0.05, 0) is 58.0 Å². The van der Waals surface area contributed by atoms with Crippen LogP contribution in [0.1, 0.15) is 47.2 Å². The summed E-state index contributed by atoms with van der Waals surface area (Å²) in [5.41, 5.74) is 9.89. The molecule has 0 saturated carbocycles. The average molecular weight is 536 g/mol. The molecule has 1 aliphatic carbocycles. The number of amides is 1. The summed E-state index contributed by atoms with van der Waals surface area (Å²) in [6.07, 6.45) is 1.68. The van der Waals surface area contributed by atoms with Crippen LogP contribution in [-0.2, 0) is 27.8 Å². The first kappa shape index (κ1) is 26.8. The molecule has 2 atom stereocenters. The monoisotopic (exact) mass is 535 g/mol. The summed E-state index contributed by atoms with van der Waals surface area (Å²) < 4.78 is 29.5. The van der Waals surface area contributed by atoms with E-state index in [1.165, 1.54) is 5.56 Å². The third kappa shape index (κ3) is 6.02. The third-order valence-electron chi connectivity index (χ3n) is 6.78. The minimum atomic E-state index is -3.87. The van der Waals surface area contributed by atoms with Gasteiger partial charge in [-0.2, -0.15) is 0 Å². The van der Waals surface area contributed by atoms with Crippen molar-refractivity contribution in [3.05, 3.63) is 113 Å². The zero-order valence-electron chi connectivity index (χ0n) is 20.3. The maximum absolute atomic E-state index is 13.4. The predicted molar refractivity (Wildman–Crippen MR) is 149 cm³/mol. The number of hydrogen-bond acceptors (Lipinski definition) is 4. The Morgan fingerprint density at radius 3 is 2.41 bits per heavy atom. The molecule has 0 aromatic heterocycles. The highest BCUT2D eigenvalue weighted by Gasteiger charge is 2.28. The Labute approximate surface area is 223 Å². The van der Waals surface area contributed by atoms with Crippen LogP contribution in [0.15, 0.2) is 95.9 Å². The molecule has 0 bridgehead atoms. The van der Waals surface area contributed by atoms with Crippen molar-refractivity contribution in [1.82, 2.24) is 10.0 Å². The lowest BCUT2D eigenvalue weighted by Gasteiger charge is -2.21. The van der Waals surface area contributed by atoms with E-state index in [1.807, 2.05) is 66.7 Å². The SMILES string of the molecule is Cl.NCc1ccc2c(c1)CCC2NC(=O)CC(NS(=O)(=O)c1ccc2ccccc2c1)c1ccccc1. The highest BCUT2D eigenvalue weighted by Crippen LogP contribution is 2.32. The van der Waals surface area contributed by atoms with E-state index in [2.05, 4.69) is 16.1 Å². The molecule has 0 heterocycles. The fourth-order valence-electron chi connectivity index (χ4n) is 4.89. The maximum Gasteiger partial charge on any atom is 0.241 e. The van der Waals surface area contributed by atoms with Crippen LogP contribution in [0, 0.1) is 0 Å². The highest BCUT2D eigenvalue weighted by molar-refractivity contribution is 7.89. The molecule has 192 valence electrons. The molecule has 0 fully saturated rings. The van der Waals surface area contributed by atoms with Crippen LogP contribution in [-0.4, -0.2) is 14.3 Å². The van der Waals surface area contributed by atoms with Crippen LogP contribution in [0.25, 0.3) is 10.8 Å². The summed E-state index contributed by atoms with van der Waals surface area (Å²) in [7, 11) is -3.87. The van der Waals surface area contributed by atoms with Crippen molar-refractivity contribution >= 4 is 39.1 Å². The second-order valence-electron chi connectivity index (χ2n) is 9.19. The van der Waals surface area contributed by atoms with Crippen molar-refractivity contribution in [3.63, 3.8) is 0 Å². The molecule has 1 amide bonds. The Hall–Kier alpha value is -3.23. The zero-order chi connectivity index (χ0) is 25.1. The van der Waals surface area contributed by atoms with Crippen molar-refractivity contribution in [1.29, 1.82) is 0 Å². The number of carbonyl (C=O) groups is 1. The second-order valence-corrected chi connectivity index (χ2v) is 10.9. The van der Waals surface area contributed by atoms with Gasteiger partial charge in [0.1, 0.15) is 0 Å². The number of carbonyl (C=O) groups excluding carboxylic acids is 1. The molecular formula is C29H30ClN3O3S. The Bertz CT molecular complexity index is 1510. The summed E-state index contributed by atoms with van der Waals surface area (Å²) in [5.74, 6) is -0.203. The number of nitrogens with two attached hydrogens (primary N) is 1. The molecule has 37 heavy (non-hydrogen) atoms. The van der Waals surface area contributed by atoms with E-state index in [0.717, 1.165) is 40.3 Å². The smallest absolute Gasteiger partial charge is 0.241 e. The number of halogens is 1. The van der Waals surface area contributed by atoms with Gasteiger partial charge in [0.2, 0.25) is 15.9 Å². The first-order valence-corrected chi connectivity index (χ1v) is 13.6. The normalized spacial score (nSPS) is 15.5. The van der Waals surface area contributed by atoms with E-state index in [-0.39, 0.29) is 35.7 Å². The lowest BCUT2D eigenvalue weighted by atomic mass is 10.0. The molecule has 4 aromatic carbocycles. The van der Waals surface area contributed by atoms with Crippen LogP contribution >= 0.6 is 12.4 Å². The second kappa shape index (κ2) is 11.4. The van der Waals surface area contributed by atoms with Gasteiger partial charge < -0.3 is 11.1 Å². The number of fused-ring (bicyclic) bond motifs is 2. The Balaban J connectivity index is 0.00000320. The largest absolute Gasteiger partial charge is 0.349 e. The number of rotatable bonds is 8. The molecule has 8 heteroatoms. The molecule has 1 aliphatic rings. The minimum absolute atomic E-state index is 0. The van der Waals surface area contributed by atoms with Gasteiger partial charge >= 0.3 is 0 Å². The standard InChI is InChI=1S/C29H29N3O3S.ClH/c30-19-20-10-14-26-24(16-20)12-15-27(26)31-29(33)18-28(22-7-2-1-3-8-22)32-36(34,35)25-13-11-21-6-4-5-9-23(21)17-25;/h1-11,13-14,16-17,27-28,32H,12,15,18-19,30H2,(H,31,33);1H. The van der Waals surface area contributed by atoms with E-state index in [9.17, 15) is 13.2 Å². The van der Waals surface area contributed by atoms with E-state index >= 15 is 0 Å². The van der Waals surface area contributed by atoms with Gasteiger partial charge in [0.25, 0.3) is 0 Å². The van der Waals surface area contributed by atoms with Gasteiger partial charge in [0.15, 0.2) is 0 Å². The van der Waals surface area contributed by atoms with Gasteiger partial charge in [-0.15, -0.1) is 12.4 Å². The molecule has 2 unspecified atom stereocenters. The predicted octanol–water partition coefficient (Wildman–Crippen LogP) is 4.93. The van der Waals surface area contributed by atoms with Gasteiger partial charge in [-0.25, -0.2) is 13.1 Å². The zero-order valence-corrected chi connectivity index (χ0v) is 21.9. The summed E-state index contributed by atoms with van der Waals surface area (Å²) in [6, 6.07) is 27.2. The summed E-state index contributed by atoms with van der Waals surface area (Å²) in [6.45, 7) is 0.487. The van der Waals surface area contributed by atoms with Crippen LogP contribution in [0.5, 0.6) is 0 Å². The van der Waals surface area contributed by atoms with Crippen LogP contribution in [0.3, 0.4) is 0 Å². The first-order valence-electron chi connectivity index (χ1n) is 12.1. The number of nitrogens with one attached hydrogen (secondary N) is 2. The third-order valence-corrected chi connectivity index (χ3v) is 8.25. The molecular weight excluding hydrogens is 506 g/mol. The lowest BCUT2D eigenvalue weighted by Crippen LogP contribution is -2.35. The molecule has 4 aromatic rings. The van der Waals surface area contributed by atoms with E-state index in [0.29, 0.717) is 6.54 Å². The molecule has 0 spiro atoms. The fourth-order valence-corrected chi connectivity index (χ4v) is 6.15. The average Bonchev–Trinajstić information content (AvgIpc) is 3.30. The topological polar surface area (TPSA) is 101 Å². The Morgan fingerprint density at radius 2 is 1.65 bits per heavy atom. The molecule has 6 nitrogen and oxygen atoms in total. The molecule has 0 saturated heterocycles. The van der Waals surface area contributed by atoms with Gasteiger partial charge in [0, 0.05) is 13.0 Å². The van der Waals surface area contributed by atoms with Crippen molar-refractivity contribution in [2.75, 3.05) is 0 Å².